The number of rotatable bonds is 3. The number of H-pyrrole nitrogens is 1. The van der Waals surface area contributed by atoms with Crippen LogP contribution in [0.2, 0.25) is 0 Å². The minimum atomic E-state index is -5.00. The van der Waals surface area contributed by atoms with Gasteiger partial charge in [0.2, 0.25) is 0 Å². The van der Waals surface area contributed by atoms with Gasteiger partial charge in [0.05, 0.1) is 23.5 Å². The third-order valence-electron chi connectivity index (χ3n) is 3.87. The summed E-state index contributed by atoms with van der Waals surface area (Å²) in [5.74, 6) is -2.47. The van der Waals surface area contributed by atoms with Gasteiger partial charge in [-0.3, -0.25) is 4.79 Å². The van der Waals surface area contributed by atoms with Crippen LogP contribution >= 0.6 is 0 Å². The summed E-state index contributed by atoms with van der Waals surface area (Å²) in [6.45, 7) is 2.98. The lowest BCUT2D eigenvalue weighted by molar-refractivity contribution is -0.140. The molecule has 1 aromatic carbocycles. The number of aromatic amines is 1. The van der Waals surface area contributed by atoms with E-state index in [1.807, 2.05) is 0 Å². The molecule has 0 unspecified atom stereocenters. The molecule has 6 nitrogen and oxygen atoms in total. The molecular formula is C16H12F5N5O. The quantitative estimate of drug-likeness (QED) is 0.703. The maximum absolute atomic E-state index is 14.1. The summed E-state index contributed by atoms with van der Waals surface area (Å²) in [5, 5.41) is 7.60. The summed E-state index contributed by atoms with van der Waals surface area (Å²) in [6.07, 6.45) is -3.67. The van der Waals surface area contributed by atoms with Gasteiger partial charge in [0.15, 0.2) is 0 Å². The number of halogens is 5. The molecule has 11 heteroatoms. The van der Waals surface area contributed by atoms with Gasteiger partial charge in [0, 0.05) is 11.6 Å². The third kappa shape index (κ3) is 3.71. The van der Waals surface area contributed by atoms with Crippen LogP contribution in [0.3, 0.4) is 0 Å². The fourth-order valence-electron chi connectivity index (χ4n) is 2.54. The Morgan fingerprint density at radius 3 is 2.44 bits per heavy atom. The number of nitrogens with zero attached hydrogens (tertiary/aromatic N) is 4. The topological polar surface area (TPSA) is 76.5 Å². The Morgan fingerprint density at radius 1 is 1.11 bits per heavy atom. The van der Waals surface area contributed by atoms with Crippen LogP contribution in [0.1, 0.15) is 29.9 Å². The zero-order valence-corrected chi connectivity index (χ0v) is 14.0. The fraction of sp³-hybridized carbons (Fsp3) is 0.250. The van der Waals surface area contributed by atoms with Gasteiger partial charge in [-0.1, -0.05) is 5.21 Å². The second-order valence-corrected chi connectivity index (χ2v) is 5.83. The Morgan fingerprint density at radius 2 is 1.81 bits per heavy atom. The summed E-state index contributed by atoms with van der Waals surface area (Å²) >= 11 is 0. The molecule has 0 saturated carbocycles. The average molecular weight is 385 g/mol. The summed E-state index contributed by atoms with van der Waals surface area (Å²) in [7, 11) is 0. The molecule has 0 spiro atoms. The minimum absolute atomic E-state index is 0.112. The molecule has 1 atom stereocenters. The van der Waals surface area contributed by atoms with Gasteiger partial charge in [-0.15, -0.1) is 5.10 Å². The first kappa shape index (κ1) is 18.7. The highest BCUT2D eigenvalue weighted by atomic mass is 19.4. The maximum Gasteiger partial charge on any atom is 0.419 e. The van der Waals surface area contributed by atoms with Crippen molar-refractivity contribution < 1.29 is 22.0 Å². The van der Waals surface area contributed by atoms with E-state index in [2.05, 4.69) is 20.3 Å². The van der Waals surface area contributed by atoms with Gasteiger partial charge in [-0.05, 0) is 26.0 Å². The Kier molecular flexibility index (Phi) is 4.54. The van der Waals surface area contributed by atoms with Crippen LogP contribution in [0.15, 0.2) is 29.2 Å². The molecule has 2 aromatic heterocycles. The second-order valence-electron chi connectivity index (χ2n) is 5.83. The van der Waals surface area contributed by atoms with Crippen molar-refractivity contribution in [3.8, 4) is 11.4 Å². The lowest BCUT2D eigenvalue weighted by Crippen LogP contribution is -2.14. The van der Waals surface area contributed by atoms with Crippen molar-refractivity contribution in [2.75, 3.05) is 0 Å². The molecule has 0 saturated heterocycles. The SMILES string of the molecule is Cc1nc(-c2cn([C@@H](C)c3cc(F)c(C(F)(F)F)cc3F)nn2)cc(=O)[nH]1. The third-order valence-corrected chi connectivity index (χ3v) is 3.87. The summed E-state index contributed by atoms with van der Waals surface area (Å²) < 4.78 is 67.1. The highest BCUT2D eigenvalue weighted by molar-refractivity contribution is 5.51. The molecule has 27 heavy (non-hydrogen) atoms. The van der Waals surface area contributed by atoms with E-state index in [0.29, 0.717) is 11.9 Å². The number of aryl methyl sites for hydroxylation is 1. The van der Waals surface area contributed by atoms with E-state index < -0.39 is 35.0 Å². The first-order valence-corrected chi connectivity index (χ1v) is 7.62. The first-order chi connectivity index (χ1) is 12.6. The molecule has 0 amide bonds. The Bertz CT molecular complexity index is 1060. The van der Waals surface area contributed by atoms with Crippen LogP contribution in [-0.4, -0.2) is 25.0 Å². The molecule has 3 aromatic rings. The molecule has 0 radical (unpaired) electrons. The zero-order chi connectivity index (χ0) is 19.9. The van der Waals surface area contributed by atoms with Crippen molar-refractivity contribution in [2.24, 2.45) is 0 Å². The van der Waals surface area contributed by atoms with E-state index in [1.54, 1.807) is 6.92 Å². The predicted molar refractivity (Wildman–Crippen MR) is 83.8 cm³/mol. The Labute approximate surface area is 148 Å². The van der Waals surface area contributed by atoms with Crippen molar-refractivity contribution >= 4 is 0 Å². The van der Waals surface area contributed by atoms with Crippen molar-refractivity contribution in [3.63, 3.8) is 0 Å². The molecule has 2 heterocycles. The number of benzene rings is 1. The molecular weight excluding hydrogens is 373 g/mol. The van der Waals surface area contributed by atoms with Crippen LogP contribution < -0.4 is 5.56 Å². The highest BCUT2D eigenvalue weighted by Crippen LogP contribution is 2.34. The summed E-state index contributed by atoms with van der Waals surface area (Å²) in [4.78, 5) is 18.1. The van der Waals surface area contributed by atoms with E-state index in [9.17, 15) is 26.7 Å². The molecule has 0 aliphatic heterocycles. The van der Waals surface area contributed by atoms with Gasteiger partial charge in [0.1, 0.15) is 23.2 Å². The zero-order valence-electron chi connectivity index (χ0n) is 14.0. The van der Waals surface area contributed by atoms with Crippen molar-refractivity contribution in [2.45, 2.75) is 26.1 Å². The fourth-order valence-corrected chi connectivity index (χ4v) is 2.54. The van der Waals surface area contributed by atoms with Crippen molar-refractivity contribution in [3.05, 3.63) is 63.3 Å². The van der Waals surface area contributed by atoms with Gasteiger partial charge in [0.25, 0.3) is 5.56 Å². The molecule has 1 N–H and O–H groups in total. The van der Waals surface area contributed by atoms with Gasteiger partial charge in [-0.2, -0.15) is 13.2 Å². The molecule has 3 rings (SSSR count). The number of hydrogen-bond acceptors (Lipinski definition) is 4. The average Bonchev–Trinajstić information content (AvgIpc) is 3.04. The number of hydrogen-bond donors (Lipinski definition) is 1. The van der Waals surface area contributed by atoms with E-state index in [-0.39, 0.29) is 23.0 Å². The first-order valence-electron chi connectivity index (χ1n) is 7.62. The van der Waals surface area contributed by atoms with Gasteiger partial charge < -0.3 is 4.98 Å². The summed E-state index contributed by atoms with van der Waals surface area (Å²) in [6, 6.07) is 0.830. The Hall–Kier alpha value is -3.11. The number of nitrogens with one attached hydrogen (secondary N) is 1. The van der Waals surface area contributed by atoms with E-state index in [1.165, 1.54) is 19.2 Å². The predicted octanol–water partition coefficient (Wildman–Crippen LogP) is 3.24. The lowest BCUT2D eigenvalue weighted by Gasteiger charge is -2.15. The van der Waals surface area contributed by atoms with Gasteiger partial charge >= 0.3 is 6.18 Å². The van der Waals surface area contributed by atoms with Crippen LogP contribution in [-0.2, 0) is 6.18 Å². The monoisotopic (exact) mass is 385 g/mol. The van der Waals surface area contributed by atoms with Crippen LogP contribution in [0.25, 0.3) is 11.4 Å². The highest BCUT2D eigenvalue weighted by Gasteiger charge is 2.35. The van der Waals surface area contributed by atoms with Crippen molar-refractivity contribution in [1.29, 1.82) is 0 Å². The lowest BCUT2D eigenvalue weighted by atomic mass is 10.0. The van der Waals surface area contributed by atoms with Crippen LogP contribution in [0, 0.1) is 18.6 Å². The normalized spacial score (nSPS) is 13.0. The standard InChI is InChI=1S/C16H12F5N5O/c1-7(9-3-12(18)10(4-11(9)17)16(19,20)21)26-6-14(24-25-26)13-5-15(27)23-8(2)22-13/h3-7H,1-2H3,(H,22,23,27)/t7-/m0/s1. The number of aromatic nitrogens is 5. The molecule has 0 bridgehead atoms. The molecule has 0 fully saturated rings. The number of alkyl halides is 3. The van der Waals surface area contributed by atoms with Crippen LogP contribution in [0.5, 0.6) is 0 Å². The van der Waals surface area contributed by atoms with Crippen molar-refractivity contribution in [1.82, 2.24) is 25.0 Å². The molecule has 142 valence electrons. The second kappa shape index (κ2) is 6.56. The Balaban J connectivity index is 1.98. The molecule has 0 aliphatic rings. The van der Waals surface area contributed by atoms with E-state index in [4.69, 9.17) is 0 Å². The van der Waals surface area contributed by atoms with Gasteiger partial charge in [-0.25, -0.2) is 18.4 Å². The smallest absolute Gasteiger partial charge is 0.311 e. The van der Waals surface area contributed by atoms with E-state index in [0.717, 1.165) is 4.68 Å². The minimum Gasteiger partial charge on any atom is -0.311 e. The van der Waals surface area contributed by atoms with Crippen LogP contribution in [0.4, 0.5) is 22.0 Å². The van der Waals surface area contributed by atoms with E-state index >= 15 is 0 Å². The molecule has 0 aliphatic carbocycles. The maximum atomic E-state index is 14.1. The summed E-state index contributed by atoms with van der Waals surface area (Å²) in [5.41, 5.74) is -2.00. The largest absolute Gasteiger partial charge is 0.419 e.